The van der Waals surface area contributed by atoms with Crippen molar-refractivity contribution in [3.8, 4) is 11.3 Å². The summed E-state index contributed by atoms with van der Waals surface area (Å²) in [5.41, 5.74) is 0.781. The van der Waals surface area contributed by atoms with Crippen LogP contribution in [-0.2, 0) is 4.79 Å². The Bertz CT molecular complexity index is 758. The highest BCUT2D eigenvalue weighted by Crippen LogP contribution is 2.25. The molecule has 0 unspecified atom stereocenters. The average Bonchev–Trinajstić information content (AvgIpc) is 3.05. The van der Waals surface area contributed by atoms with Gasteiger partial charge < -0.3 is 19.6 Å². The van der Waals surface area contributed by atoms with Crippen molar-refractivity contribution in [2.45, 2.75) is 25.4 Å². The number of piperidine rings is 1. The third-order valence-electron chi connectivity index (χ3n) is 4.34. The van der Waals surface area contributed by atoms with Crippen LogP contribution >= 0.6 is 0 Å². The minimum absolute atomic E-state index is 0.00691. The van der Waals surface area contributed by atoms with E-state index in [1.807, 2.05) is 31.2 Å². The van der Waals surface area contributed by atoms with E-state index in [1.165, 1.54) is 4.90 Å². The Morgan fingerprint density at radius 1 is 1.21 bits per heavy atom. The maximum Gasteiger partial charge on any atom is 0.335 e. The fourth-order valence-corrected chi connectivity index (χ4v) is 2.69. The van der Waals surface area contributed by atoms with Crippen LogP contribution in [0.3, 0.4) is 0 Å². The molecule has 0 radical (unpaired) electrons. The Kier molecular flexibility index (Phi) is 4.11. The molecule has 2 heterocycles. The first kappa shape index (κ1) is 16.2. The molecule has 1 saturated heterocycles. The summed E-state index contributed by atoms with van der Waals surface area (Å²) in [6.07, 6.45) is -0.0138. The minimum atomic E-state index is -1.76. The number of carboxylic acid groups (broad SMARTS) is 1. The predicted octanol–water partition coefficient (Wildman–Crippen LogP) is 1.70. The lowest BCUT2D eigenvalue weighted by Gasteiger charge is -2.34. The highest BCUT2D eigenvalue weighted by molar-refractivity contribution is 5.92. The van der Waals surface area contributed by atoms with Crippen LogP contribution in [0.2, 0.25) is 0 Å². The zero-order chi connectivity index (χ0) is 17.3. The largest absolute Gasteiger partial charge is 0.479 e. The molecule has 0 spiro atoms. The van der Waals surface area contributed by atoms with Crippen LogP contribution in [0.4, 0.5) is 0 Å². The monoisotopic (exact) mass is 330 g/mol. The summed E-state index contributed by atoms with van der Waals surface area (Å²) in [5.74, 6) is -1.50. The van der Waals surface area contributed by atoms with Gasteiger partial charge in [0.15, 0.2) is 5.60 Å². The molecule has 1 aliphatic rings. The second-order valence-corrected chi connectivity index (χ2v) is 6.07. The van der Waals surface area contributed by atoms with Gasteiger partial charge in [0.1, 0.15) is 5.69 Å². The normalized spacial score (nSPS) is 16.8. The lowest BCUT2D eigenvalue weighted by atomic mass is 9.91. The van der Waals surface area contributed by atoms with Gasteiger partial charge in [-0.25, -0.2) is 4.79 Å². The Labute approximate surface area is 138 Å². The molecule has 1 fully saturated rings. The molecular weight excluding hydrogens is 312 g/mol. The summed E-state index contributed by atoms with van der Waals surface area (Å²) >= 11 is 0. The molecule has 1 aromatic carbocycles. The van der Waals surface area contributed by atoms with Gasteiger partial charge in [0.2, 0.25) is 5.76 Å². The van der Waals surface area contributed by atoms with Gasteiger partial charge in [0.25, 0.3) is 5.91 Å². The average molecular weight is 330 g/mol. The standard InChI is InChI=1S/C17H18N2O5/c1-11-2-4-12(5-3-11)13-10-14(24-18-13)15(20)19-8-6-17(23,7-9-19)16(21)22/h2-5,10,23H,6-9H2,1H3,(H,21,22). The number of benzene rings is 1. The van der Waals surface area contributed by atoms with E-state index in [4.69, 9.17) is 9.63 Å². The SMILES string of the molecule is Cc1ccc(-c2cc(C(=O)N3CCC(O)(C(=O)O)CC3)on2)cc1. The summed E-state index contributed by atoms with van der Waals surface area (Å²) < 4.78 is 5.14. The van der Waals surface area contributed by atoms with Crippen molar-refractivity contribution in [1.29, 1.82) is 0 Å². The molecule has 0 atom stereocenters. The zero-order valence-corrected chi connectivity index (χ0v) is 13.2. The van der Waals surface area contributed by atoms with Crippen LogP contribution in [0.25, 0.3) is 11.3 Å². The van der Waals surface area contributed by atoms with Gasteiger partial charge in [-0.3, -0.25) is 4.79 Å². The van der Waals surface area contributed by atoms with E-state index in [0.717, 1.165) is 11.1 Å². The summed E-state index contributed by atoms with van der Waals surface area (Å²) in [5, 5.41) is 22.8. The summed E-state index contributed by atoms with van der Waals surface area (Å²) in [6, 6.07) is 9.27. The van der Waals surface area contributed by atoms with Gasteiger partial charge in [-0.05, 0) is 6.92 Å². The second-order valence-electron chi connectivity index (χ2n) is 6.07. The van der Waals surface area contributed by atoms with Crippen molar-refractivity contribution in [3.05, 3.63) is 41.7 Å². The lowest BCUT2D eigenvalue weighted by molar-refractivity contribution is -0.162. The number of aromatic nitrogens is 1. The number of rotatable bonds is 3. The maximum atomic E-state index is 12.4. The van der Waals surface area contributed by atoms with Gasteiger partial charge in [-0.15, -0.1) is 0 Å². The molecule has 2 N–H and O–H groups in total. The highest BCUT2D eigenvalue weighted by Gasteiger charge is 2.41. The number of carbonyl (C=O) groups excluding carboxylic acids is 1. The molecule has 1 aromatic heterocycles. The third-order valence-corrected chi connectivity index (χ3v) is 4.34. The van der Waals surface area contributed by atoms with E-state index in [2.05, 4.69) is 5.16 Å². The number of likely N-dealkylation sites (tertiary alicyclic amines) is 1. The van der Waals surface area contributed by atoms with Crippen molar-refractivity contribution >= 4 is 11.9 Å². The van der Waals surface area contributed by atoms with E-state index < -0.39 is 11.6 Å². The summed E-state index contributed by atoms with van der Waals surface area (Å²) in [7, 11) is 0. The number of nitrogens with zero attached hydrogens (tertiary/aromatic N) is 2. The first-order valence-corrected chi connectivity index (χ1v) is 7.68. The Morgan fingerprint density at radius 3 is 2.42 bits per heavy atom. The zero-order valence-electron chi connectivity index (χ0n) is 13.2. The molecule has 7 nitrogen and oxygen atoms in total. The van der Waals surface area contributed by atoms with Gasteiger partial charge in [0.05, 0.1) is 0 Å². The predicted molar refractivity (Wildman–Crippen MR) is 84.4 cm³/mol. The second kappa shape index (κ2) is 6.09. The number of carboxylic acids is 1. The van der Waals surface area contributed by atoms with Crippen LogP contribution in [-0.4, -0.2) is 50.8 Å². The van der Waals surface area contributed by atoms with Crippen molar-refractivity contribution in [1.82, 2.24) is 10.1 Å². The van der Waals surface area contributed by atoms with Gasteiger partial charge in [-0.2, -0.15) is 0 Å². The highest BCUT2D eigenvalue weighted by atomic mass is 16.5. The first-order valence-electron chi connectivity index (χ1n) is 7.68. The van der Waals surface area contributed by atoms with Crippen LogP contribution in [0.1, 0.15) is 29.0 Å². The number of aliphatic carboxylic acids is 1. The number of amides is 1. The Morgan fingerprint density at radius 2 is 1.83 bits per heavy atom. The molecule has 1 amide bonds. The van der Waals surface area contributed by atoms with E-state index in [-0.39, 0.29) is 37.6 Å². The number of hydrogen-bond donors (Lipinski definition) is 2. The molecule has 126 valence electrons. The van der Waals surface area contributed by atoms with Crippen molar-refractivity contribution < 1.29 is 24.3 Å². The molecule has 1 aliphatic heterocycles. The third kappa shape index (κ3) is 3.03. The molecule has 2 aromatic rings. The number of hydrogen-bond acceptors (Lipinski definition) is 5. The van der Waals surface area contributed by atoms with Gasteiger partial charge in [-0.1, -0.05) is 35.0 Å². The maximum absolute atomic E-state index is 12.4. The van der Waals surface area contributed by atoms with Gasteiger partial charge in [0, 0.05) is 37.6 Å². The fraction of sp³-hybridized carbons (Fsp3) is 0.353. The molecule has 0 bridgehead atoms. The smallest absolute Gasteiger partial charge is 0.335 e. The molecule has 24 heavy (non-hydrogen) atoms. The van der Waals surface area contributed by atoms with Crippen LogP contribution in [0.15, 0.2) is 34.9 Å². The van der Waals surface area contributed by atoms with E-state index in [0.29, 0.717) is 5.69 Å². The van der Waals surface area contributed by atoms with E-state index >= 15 is 0 Å². The number of aliphatic hydroxyl groups is 1. The fourth-order valence-electron chi connectivity index (χ4n) is 2.69. The lowest BCUT2D eigenvalue weighted by Crippen LogP contribution is -2.50. The molecule has 3 rings (SSSR count). The topological polar surface area (TPSA) is 104 Å². The van der Waals surface area contributed by atoms with E-state index in [1.54, 1.807) is 6.07 Å². The van der Waals surface area contributed by atoms with Crippen molar-refractivity contribution in [3.63, 3.8) is 0 Å². The first-order chi connectivity index (χ1) is 11.4. The van der Waals surface area contributed by atoms with Gasteiger partial charge >= 0.3 is 5.97 Å². The van der Waals surface area contributed by atoms with Crippen molar-refractivity contribution in [2.75, 3.05) is 13.1 Å². The van der Waals surface area contributed by atoms with Crippen molar-refractivity contribution in [2.24, 2.45) is 0 Å². The summed E-state index contributed by atoms with van der Waals surface area (Å²) in [6.45, 7) is 2.29. The molecular formula is C17H18N2O5. The van der Waals surface area contributed by atoms with E-state index in [9.17, 15) is 14.7 Å². The number of carbonyl (C=O) groups is 2. The molecule has 0 saturated carbocycles. The Hall–Kier alpha value is -2.67. The molecule has 0 aliphatic carbocycles. The van der Waals surface area contributed by atoms with Crippen LogP contribution in [0, 0.1) is 6.92 Å². The summed E-state index contributed by atoms with van der Waals surface area (Å²) in [4.78, 5) is 24.9. The minimum Gasteiger partial charge on any atom is -0.479 e. The van der Waals surface area contributed by atoms with Crippen LogP contribution < -0.4 is 0 Å². The quantitative estimate of drug-likeness (QED) is 0.888. The molecule has 7 heteroatoms. The Balaban J connectivity index is 1.71. The number of aryl methyl sites for hydroxylation is 1. The van der Waals surface area contributed by atoms with Crippen LogP contribution in [0.5, 0.6) is 0 Å².